The predicted molar refractivity (Wildman–Crippen MR) is 91.4 cm³/mol. The molecule has 24 heavy (non-hydrogen) atoms. The molecule has 0 aliphatic carbocycles. The molecule has 1 N–H and O–H groups in total. The van der Waals surface area contributed by atoms with Gasteiger partial charge in [0.1, 0.15) is 5.01 Å². The smallest absolute Gasteiger partial charge is 0.270 e. The monoisotopic (exact) mass is 360 g/mol. The summed E-state index contributed by atoms with van der Waals surface area (Å²) in [6.45, 7) is 0. The third kappa shape index (κ3) is 3.55. The summed E-state index contributed by atoms with van der Waals surface area (Å²) < 4.78 is 0. The number of nitro benzene ring substituents is 1. The highest BCUT2D eigenvalue weighted by molar-refractivity contribution is 7.18. The molecule has 0 saturated heterocycles. The fourth-order valence-electron chi connectivity index (χ4n) is 1.94. The largest absolute Gasteiger partial charge is 0.296 e. The molecule has 1 amide bonds. The fourth-order valence-corrected chi connectivity index (χ4v) is 2.87. The maximum absolute atomic E-state index is 12.1. The van der Waals surface area contributed by atoms with E-state index in [-0.39, 0.29) is 11.6 Å². The van der Waals surface area contributed by atoms with Crippen LogP contribution in [0.15, 0.2) is 48.5 Å². The number of nitrogens with zero attached hydrogens (tertiary/aromatic N) is 3. The maximum Gasteiger partial charge on any atom is 0.270 e. The van der Waals surface area contributed by atoms with Crippen LogP contribution in [0.25, 0.3) is 10.6 Å². The third-order valence-corrected chi connectivity index (χ3v) is 4.16. The Bertz CT molecular complexity index is 928. The number of nitro groups is 1. The van der Waals surface area contributed by atoms with Gasteiger partial charge < -0.3 is 0 Å². The Balaban J connectivity index is 1.80. The Kier molecular flexibility index (Phi) is 4.50. The molecule has 0 spiro atoms. The first-order valence-electron chi connectivity index (χ1n) is 6.68. The summed E-state index contributed by atoms with van der Waals surface area (Å²) >= 11 is 6.98. The summed E-state index contributed by atoms with van der Waals surface area (Å²) in [5.74, 6) is -0.362. The number of hydrogen-bond donors (Lipinski definition) is 1. The molecule has 3 aromatic rings. The topological polar surface area (TPSA) is 98.0 Å². The molecule has 9 heteroatoms. The molecule has 0 aliphatic rings. The normalized spacial score (nSPS) is 10.4. The lowest BCUT2D eigenvalue weighted by Crippen LogP contribution is -2.11. The molecular weight excluding hydrogens is 352 g/mol. The predicted octanol–water partition coefficient (Wildman–Crippen LogP) is 4.02. The Morgan fingerprint density at radius 3 is 2.71 bits per heavy atom. The van der Waals surface area contributed by atoms with E-state index in [0.29, 0.717) is 26.3 Å². The lowest BCUT2D eigenvalue weighted by molar-refractivity contribution is -0.384. The Morgan fingerprint density at radius 2 is 1.96 bits per heavy atom. The SMILES string of the molecule is O=C(Nc1nnc(-c2cccc([N+](=O)[O-])c2)s1)c1cccc(Cl)c1. The minimum Gasteiger partial charge on any atom is -0.296 e. The van der Waals surface area contributed by atoms with E-state index in [9.17, 15) is 14.9 Å². The van der Waals surface area contributed by atoms with Gasteiger partial charge in [-0.25, -0.2) is 0 Å². The van der Waals surface area contributed by atoms with Crippen LogP contribution in [-0.2, 0) is 0 Å². The van der Waals surface area contributed by atoms with Crippen molar-refractivity contribution in [2.24, 2.45) is 0 Å². The molecule has 0 fully saturated rings. The molecule has 0 atom stereocenters. The number of rotatable bonds is 4. The van der Waals surface area contributed by atoms with E-state index in [4.69, 9.17) is 11.6 Å². The number of non-ortho nitro benzene ring substituents is 1. The summed E-state index contributed by atoms with van der Waals surface area (Å²) in [7, 11) is 0. The van der Waals surface area contributed by atoms with Crippen molar-refractivity contribution in [1.82, 2.24) is 10.2 Å². The van der Waals surface area contributed by atoms with E-state index in [1.54, 1.807) is 36.4 Å². The van der Waals surface area contributed by atoms with Gasteiger partial charge in [0.2, 0.25) is 5.13 Å². The van der Waals surface area contributed by atoms with Crippen molar-refractivity contribution in [2.75, 3.05) is 5.32 Å². The first kappa shape index (κ1) is 16.0. The molecule has 2 aromatic carbocycles. The Labute approximate surface area is 145 Å². The van der Waals surface area contributed by atoms with Gasteiger partial charge in [0.15, 0.2) is 0 Å². The van der Waals surface area contributed by atoms with Gasteiger partial charge in [-0.3, -0.25) is 20.2 Å². The van der Waals surface area contributed by atoms with E-state index in [0.717, 1.165) is 11.3 Å². The molecular formula is C15H9ClN4O3S. The Morgan fingerprint density at radius 1 is 1.17 bits per heavy atom. The van der Waals surface area contributed by atoms with Gasteiger partial charge in [0.25, 0.3) is 11.6 Å². The summed E-state index contributed by atoms with van der Waals surface area (Å²) in [6, 6.07) is 12.6. The second-order valence-corrected chi connectivity index (χ2v) is 6.10. The lowest BCUT2D eigenvalue weighted by Gasteiger charge is -2.01. The lowest BCUT2D eigenvalue weighted by atomic mass is 10.2. The molecule has 0 bridgehead atoms. The zero-order chi connectivity index (χ0) is 17.1. The molecule has 3 rings (SSSR count). The van der Waals surface area contributed by atoms with Crippen LogP contribution in [0.1, 0.15) is 10.4 Å². The third-order valence-electron chi connectivity index (χ3n) is 3.04. The second-order valence-electron chi connectivity index (χ2n) is 4.68. The molecule has 0 unspecified atom stereocenters. The fraction of sp³-hybridized carbons (Fsp3) is 0. The number of aromatic nitrogens is 2. The molecule has 0 radical (unpaired) electrons. The van der Waals surface area contributed by atoms with Gasteiger partial charge in [-0.15, -0.1) is 10.2 Å². The van der Waals surface area contributed by atoms with Crippen molar-refractivity contribution >= 4 is 39.7 Å². The van der Waals surface area contributed by atoms with E-state index >= 15 is 0 Å². The summed E-state index contributed by atoms with van der Waals surface area (Å²) in [4.78, 5) is 22.5. The van der Waals surface area contributed by atoms with Crippen molar-refractivity contribution in [3.8, 4) is 10.6 Å². The van der Waals surface area contributed by atoms with Gasteiger partial charge in [0, 0.05) is 28.3 Å². The number of amides is 1. The first-order chi connectivity index (χ1) is 11.5. The van der Waals surface area contributed by atoms with Gasteiger partial charge in [0.05, 0.1) is 4.92 Å². The molecule has 1 heterocycles. The molecule has 1 aromatic heterocycles. The zero-order valence-electron chi connectivity index (χ0n) is 12.0. The highest BCUT2D eigenvalue weighted by Gasteiger charge is 2.13. The molecule has 120 valence electrons. The number of halogens is 1. The number of carbonyl (C=O) groups is 1. The number of anilines is 1. The average Bonchev–Trinajstić information content (AvgIpc) is 3.03. The summed E-state index contributed by atoms with van der Waals surface area (Å²) in [5.41, 5.74) is 0.923. The highest BCUT2D eigenvalue weighted by atomic mass is 35.5. The van der Waals surface area contributed by atoms with Crippen LogP contribution < -0.4 is 5.32 Å². The van der Waals surface area contributed by atoms with E-state index < -0.39 is 4.92 Å². The van der Waals surface area contributed by atoms with E-state index in [2.05, 4.69) is 15.5 Å². The highest BCUT2D eigenvalue weighted by Crippen LogP contribution is 2.29. The molecule has 7 nitrogen and oxygen atoms in total. The van der Waals surface area contributed by atoms with Crippen molar-refractivity contribution < 1.29 is 9.72 Å². The van der Waals surface area contributed by atoms with Gasteiger partial charge in [-0.05, 0) is 18.2 Å². The van der Waals surface area contributed by atoms with Gasteiger partial charge >= 0.3 is 0 Å². The van der Waals surface area contributed by atoms with Crippen molar-refractivity contribution in [2.45, 2.75) is 0 Å². The van der Waals surface area contributed by atoms with Crippen LogP contribution in [0.5, 0.6) is 0 Å². The first-order valence-corrected chi connectivity index (χ1v) is 7.87. The average molecular weight is 361 g/mol. The molecule has 0 aliphatic heterocycles. The maximum atomic E-state index is 12.1. The van der Waals surface area contributed by atoms with Crippen LogP contribution in [0.2, 0.25) is 5.02 Å². The zero-order valence-corrected chi connectivity index (χ0v) is 13.5. The minimum absolute atomic E-state index is 0.0350. The van der Waals surface area contributed by atoms with Gasteiger partial charge in [-0.2, -0.15) is 0 Å². The van der Waals surface area contributed by atoms with Crippen LogP contribution in [0.3, 0.4) is 0 Å². The summed E-state index contributed by atoms with van der Waals surface area (Å²) in [6.07, 6.45) is 0. The number of nitrogens with one attached hydrogen (secondary N) is 1. The van der Waals surface area contributed by atoms with Crippen LogP contribution >= 0.6 is 22.9 Å². The van der Waals surface area contributed by atoms with Crippen molar-refractivity contribution in [1.29, 1.82) is 0 Å². The molecule has 0 saturated carbocycles. The van der Waals surface area contributed by atoms with E-state index in [1.165, 1.54) is 12.1 Å². The number of benzene rings is 2. The quantitative estimate of drug-likeness (QED) is 0.559. The van der Waals surface area contributed by atoms with Gasteiger partial charge in [-0.1, -0.05) is 41.1 Å². The van der Waals surface area contributed by atoms with Crippen molar-refractivity contribution in [3.63, 3.8) is 0 Å². The van der Waals surface area contributed by atoms with E-state index in [1.807, 2.05) is 0 Å². The van der Waals surface area contributed by atoms with Crippen LogP contribution in [0, 0.1) is 10.1 Å². The standard InChI is InChI=1S/C15H9ClN4O3S/c16-11-5-1-3-9(7-11)13(21)17-15-19-18-14(24-15)10-4-2-6-12(8-10)20(22)23/h1-8H,(H,17,19,21). The second kappa shape index (κ2) is 6.73. The number of hydrogen-bond acceptors (Lipinski definition) is 6. The minimum atomic E-state index is -0.480. The van der Waals surface area contributed by atoms with Crippen LogP contribution in [0.4, 0.5) is 10.8 Å². The van der Waals surface area contributed by atoms with Crippen LogP contribution in [-0.4, -0.2) is 21.0 Å². The Hall–Kier alpha value is -2.84. The summed E-state index contributed by atoms with van der Waals surface area (Å²) in [5, 5.41) is 22.5. The van der Waals surface area contributed by atoms with Crippen molar-refractivity contribution in [3.05, 3.63) is 69.2 Å². The number of carbonyl (C=O) groups excluding carboxylic acids is 1.